The second-order valence-corrected chi connectivity index (χ2v) is 18.3. The van der Waals surface area contributed by atoms with Crippen LogP contribution in [0.5, 0.6) is 0 Å². The standard InChI is InChI=1S/C13H21N.C12H20O.C12H20S/c1-12(2,3)10-8-7-9-11(14-10)13(4,5)6;2*1-11(2,3)9-7-8-10(13-9)12(4,5)6/h7-9H,1-6H3;2*7-8H,1-6H3. The predicted molar refractivity (Wildman–Crippen MR) is 179 cm³/mol. The van der Waals surface area contributed by atoms with Crippen LogP contribution in [0.2, 0.25) is 0 Å². The monoisotopic (exact) mass is 567 g/mol. The van der Waals surface area contributed by atoms with Gasteiger partial charge in [0.15, 0.2) is 0 Å². The van der Waals surface area contributed by atoms with E-state index in [0.717, 1.165) is 11.5 Å². The van der Waals surface area contributed by atoms with Crippen LogP contribution in [0.4, 0.5) is 0 Å². The quantitative estimate of drug-likeness (QED) is 0.270. The molecule has 0 saturated carbocycles. The highest BCUT2D eigenvalue weighted by Gasteiger charge is 2.24. The van der Waals surface area contributed by atoms with E-state index in [2.05, 4.69) is 167 Å². The van der Waals surface area contributed by atoms with Crippen molar-refractivity contribution in [3.63, 3.8) is 0 Å². The molecule has 3 heteroatoms. The van der Waals surface area contributed by atoms with Gasteiger partial charge in [0.05, 0.1) is 0 Å². The van der Waals surface area contributed by atoms with Gasteiger partial charge in [-0.05, 0) is 47.2 Å². The summed E-state index contributed by atoms with van der Waals surface area (Å²) in [5.41, 5.74) is 3.45. The maximum Gasteiger partial charge on any atom is 0.109 e. The topological polar surface area (TPSA) is 26.0 Å². The molecule has 0 aliphatic rings. The second-order valence-electron chi connectivity index (χ2n) is 17.2. The summed E-state index contributed by atoms with van der Waals surface area (Å²) in [5, 5.41) is 0. The third-order valence-corrected chi connectivity index (χ3v) is 8.39. The number of hydrogen-bond donors (Lipinski definition) is 0. The first-order valence-electron chi connectivity index (χ1n) is 14.8. The van der Waals surface area contributed by atoms with Crippen molar-refractivity contribution in [1.29, 1.82) is 0 Å². The molecule has 0 aliphatic heterocycles. The molecule has 0 atom stereocenters. The highest BCUT2D eigenvalue weighted by atomic mass is 32.1. The highest BCUT2D eigenvalue weighted by molar-refractivity contribution is 7.12. The minimum Gasteiger partial charge on any atom is -0.465 e. The van der Waals surface area contributed by atoms with Crippen LogP contribution in [0.25, 0.3) is 0 Å². The number of thiophene rings is 1. The molecule has 0 aromatic carbocycles. The fourth-order valence-corrected chi connectivity index (χ4v) is 4.68. The maximum atomic E-state index is 5.81. The summed E-state index contributed by atoms with van der Waals surface area (Å²) in [6.07, 6.45) is 0. The summed E-state index contributed by atoms with van der Waals surface area (Å²) in [5.74, 6) is 2.13. The Morgan fingerprint density at radius 2 is 0.750 bits per heavy atom. The van der Waals surface area contributed by atoms with E-state index in [1.54, 1.807) is 0 Å². The number of rotatable bonds is 0. The van der Waals surface area contributed by atoms with E-state index in [0.29, 0.717) is 10.8 Å². The van der Waals surface area contributed by atoms with Gasteiger partial charge >= 0.3 is 0 Å². The van der Waals surface area contributed by atoms with Gasteiger partial charge in [0.2, 0.25) is 0 Å². The van der Waals surface area contributed by atoms with Crippen LogP contribution in [0.1, 0.15) is 157 Å². The number of aromatic nitrogens is 1. The zero-order valence-corrected chi connectivity index (χ0v) is 30.1. The van der Waals surface area contributed by atoms with Crippen molar-refractivity contribution in [2.75, 3.05) is 0 Å². The summed E-state index contributed by atoms with van der Waals surface area (Å²) in [7, 11) is 0. The van der Waals surface area contributed by atoms with Crippen molar-refractivity contribution < 1.29 is 4.42 Å². The first-order valence-corrected chi connectivity index (χ1v) is 15.6. The normalized spacial score (nSPS) is 13.2. The lowest BCUT2D eigenvalue weighted by atomic mass is 9.88. The van der Waals surface area contributed by atoms with Crippen molar-refractivity contribution >= 4 is 11.3 Å². The Kier molecular flexibility index (Phi) is 11.3. The average Bonchev–Trinajstić information content (AvgIpc) is 3.43. The molecule has 3 aromatic rings. The smallest absolute Gasteiger partial charge is 0.109 e. The minimum absolute atomic E-state index is 0.115. The SMILES string of the molecule is CC(C)(C)c1ccc(C(C)(C)C)o1.CC(C)(C)c1ccc(C(C)(C)C)s1.CC(C)(C)c1cccc(C(C)(C)C)n1. The Labute approximate surface area is 252 Å². The van der Waals surface area contributed by atoms with Crippen molar-refractivity contribution in [3.05, 3.63) is 75.1 Å². The van der Waals surface area contributed by atoms with Gasteiger partial charge in [0, 0.05) is 42.8 Å². The van der Waals surface area contributed by atoms with Crippen LogP contribution in [-0.2, 0) is 32.5 Å². The Bertz CT molecular complexity index is 1030. The van der Waals surface area contributed by atoms with E-state index in [1.165, 1.54) is 21.1 Å². The molecule has 0 unspecified atom stereocenters. The lowest BCUT2D eigenvalue weighted by Gasteiger charge is -2.23. The highest BCUT2D eigenvalue weighted by Crippen LogP contribution is 2.35. The molecule has 0 saturated heterocycles. The van der Waals surface area contributed by atoms with Gasteiger partial charge < -0.3 is 4.42 Å². The van der Waals surface area contributed by atoms with E-state index in [4.69, 9.17) is 9.40 Å². The van der Waals surface area contributed by atoms with Crippen LogP contribution in [0, 0.1) is 0 Å². The first-order chi connectivity index (χ1) is 17.6. The first kappa shape index (κ1) is 36.2. The Morgan fingerprint density at radius 1 is 0.425 bits per heavy atom. The van der Waals surface area contributed by atoms with E-state index >= 15 is 0 Å². The molecule has 3 aromatic heterocycles. The summed E-state index contributed by atoms with van der Waals surface area (Å²) in [6.45, 7) is 39.8. The van der Waals surface area contributed by atoms with Gasteiger partial charge in [-0.3, -0.25) is 4.98 Å². The number of pyridine rings is 1. The van der Waals surface area contributed by atoms with Crippen molar-refractivity contribution in [1.82, 2.24) is 4.98 Å². The van der Waals surface area contributed by atoms with Gasteiger partial charge in [0.1, 0.15) is 11.5 Å². The third-order valence-electron chi connectivity index (χ3n) is 6.45. The lowest BCUT2D eigenvalue weighted by molar-refractivity contribution is 0.344. The molecular weight excluding hydrogens is 506 g/mol. The zero-order valence-electron chi connectivity index (χ0n) is 29.3. The van der Waals surface area contributed by atoms with Gasteiger partial charge in [-0.2, -0.15) is 0 Å². The van der Waals surface area contributed by atoms with E-state index in [1.807, 2.05) is 11.3 Å². The average molecular weight is 568 g/mol. The van der Waals surface area contributed by atoms with E-state index in [9.17, 15) is 0 Å². The molecule has 0 amide bonds. The van der Waals surface area contributed by atoms with E-state index in [-0.39, 0.29) is 21.7 Å². The van der Waals surface area contributed by atoms with Gasteiger partial charge in [-0.15, -0.1) is 11.3 Å². The van der Waals surface area contributed by atoms with Crippen LogP contribution in [0.3, 0.4) is 0 Å². The van der Waals surface area contributed by atoms with Crippen LogP contribution < -0.4 is 0 Å². The van der Waals surface area contributed by atoms with Gasteiger partial charge in [-0.1, -0.05) is 131 Å². The van der Waals surface area contributed by atoms with Gasteiger partial charge in [-0.25, -0.2) is 0 Å². The largest absolute Gasteiger partial charge is 0.465 e. The van der Waals surface area contributed by atoms with Crippen molar-refractivity contribution in [2.45, 2.75) is 157 Å². The summed E-state index contributed by atoms with van der Waals surface area (Å²) >= 11 is 1.95. The molecule has 3 rings (SSSR count). The summed E-state index contributed by atoms with van der Waals surface area (Å²) in [6, 6.07) is 15.0. The molecule has 0 N–H and O–H groups in total. The third kappa shape index (κ3) is 11.6. The predicted octanol–water partition coefficient (Wildman–Crippen LogP) is 11.9. The van der Waals surface area contributed by atoms with Gasteiger partial charge in [0.25, 0.3) is 0 Å². The Morgan fingerprint density at radius 3 is 0.950 bits per heavy atom. The van der Waals surface area contributed by atoms with Crippen molar-refractivity contribution in [3.8, 4) is 0 Å². The Balaban J connectivity index is 0.000000300. The lowest BCUT2D eigenvalue weighted by Crippen LogP contribution is -2.19. The molecular formula is C37H61NOS. The number of hydrogen-bond acceptors (Lipinski definition) is 3. The minimum atomic E-state index is 0.115. The molecule has 0 radical (unpaired) electrons. The molecule has 3 heterocycles. The fraction of sp³-hybridized carbons (Fsp3) is 0.649. The van der Waals surface area contributed by atoms with E-state index < -0.39 is 0 Å². The molecule has 226 valence electrons. The number of furan rings is 1. The summed E-state index contributed by atoms with van der Waals surface area (Å²) < 4.78 is 5.81. The molecule has 2 nitrogen and oxygen atoms in total. The molecule has 0 bridgehead atoms. The maximum absolute atomic E-state index is 5.81. The van der Waals surface area contributed by atoms with Crippen LogP contribution >= 0.6 is 11.3 Å². The molecule has 0 spiro atoms. The van der Waals surface area contributed by atoms with Crippen molar-refractivity contribution in [2.24, 2.45) is 0 Å². The van der Waals surface area contributed by atoms with Crippen LogP contribution in [-0.4, -0.2) is 4.98 Å². The Hall–Kier alpha value is -1.87. The molecule has 0 aliphatic carbocycles. The summed E-state index contributed by atoms with van der Waals surface area (Å²) in [4.78, 5) is 7.68. The van der Waals surface area contributed by atoms with Crippen LogP contribution in [0.15, 0.2) is 46.9 Å². The molecule has 40 heavy (non-hydrogen) atoms. The second kappa shape index (κ2) is 12.6. The fourth-order valence-electron chi connectivity index (χ4n) is 3.56. The molecule has 0 fully saturated rings. The number of nitrogens with zero attached hydrogens (tertiary/aromatic N) is 1. The zero-order chi connectivity index (χ0) is 31.5.